The van der Waals surface area contributed by atoms with Gasteiger partial charge in [-0.25, -0.2) is 9.67 Å². The van der Waals surface area contributed by atoms with Gasteiger partial charge in [0.2, 0.25) is 5.91 Å². The van der Waals surface area contributed by atoms with E-state index in [1.807, 2.05) is 10.7 Å². The first-order chi connectivity index (χ1) is 16.0. The minimum absolute atomic E-state index is 0.0193. The fourth-order valence-electron chi connectivity index (χ4n) is 4.97. The van der Waals surface area contributed by atoms with Crippen LogP contribution >= 0.6 is 23.1 Å². The van der Waals surface area contributed by atoms with Crippen molar-refractivity contribution in [2.75, 3.05) is 11.1 Å². The number of nitrogens with zero attached hydrogens (tertiary/aromatic N) is 4. The van der Waals surface area contributed by atoms with E-state index < -0.39 is 0 Å². The average molecular weight is 484 g/mol. The van der Waals surface area contributed by atoms with Gasteiger partial charge in [0.1, 0.15) is 10.6 Å². The predicted molar refractivity (Wildman–Crippen MR) is 134 cm³/mol. The average Bonchev–Trinajstić information content (AvgIpc) is 3.53. The Kier molecular flexibility index (Phi) is 6.42. The van der Waals surface area contributed by atoms with Crippen molar-refractivity contribution in [2.24, 2.45) is 5.92 Å². The van der Waals surface area contributed by atoms with Gasteiger partial charge < -0.3 is 5.32 Å². The summed E-state index contributed by atoms with van der Waals surface area (Å²) in [6.07, 6.45) is 11.1. The molecule has 1 amide bonds. The molecule has 5 rings (SSSR count). The molecule has 3 heterocycles. The highest BCUT2D eigenvalue weighted by Crippen LogP contribution is 2.36. The fraction of sp³-hybridized carbons (Fsp3) is 0.500. The number of hydrogen-bond acceptors (Lipinski definition) is 6. The number of nitrogens with one attached hydrogen (secondary N) is 1. The van der Waals surface area contributed by atoms with E-state index in [2.05, 4.69) is 23.9 Å². The van der Waals surface area contributed by atoms with Crippen LogP contribution in [0.1, 0.15) is 55.5 Å². The van der Waals surface area contributed by atoms with Crippen LogP contribution in [0.15, 0.2) is 34.9 Å². The van der Waals surface area contributed by atoms with E-state index in [1.165, 1.54) is 35.0 Å². The molecule has 0 saturated heterocycles. The molecule has 0 spiro atoms. The van der Waals surface area contributed by atoms with Gasteiger partial charge in [-0.1, -0.05) is 37.6 Å². The molecule has 1 atom stereocenters. The van der Waals surface area contributed by atoms with Crippen LogP contribution in [0.3, 0.4) is 0 Å². The van der Waals surface area contributed by atoms with Crippen molar-refractivity contribution in [3.8, 4) is 0 Å². The van der Waals surface area contributed by atoms with Crippen LogP contribution in [-0.4, -0.2) is 31.0 Å². The first kappa shape index (κ1) is 22.4. The van der Waals surface area contributed by atoms with E-state index in [0.29, 0.717) is 23.7 Å². The zero-order chi connectivity index (χ0) is 22.9. The quantitative estimate of drug-likeness (QED) is 0.296. The molecule has 0 aliphatic heterocycles. The van der Waals surface area contributed by atoms with Crippen LogP contribution in [-0.2, 0) is 24.2 Å². The lowest BCUT2D eigenvalue weighted by molar-refractivity contribution is -0.113. The number of carbonyl (C=O) groups excluding carboxylic acids is 1. The second-order valence-electron chi connectivity index (χ2n) is 9.07. The van der Waals surface area contributed by atoms with Crippen molar-refractivity contribution >= 4 is 45.0 Å². The number of allylic oxidation sites excluding steroid dienone is 1. The predicted octanol–water partition coefficient (Wildman–Crippen LogP) is 4.81. The molecule has 3 aromatic heterocycles. The van der Waals surface area contributed by atoms with Crippen LogP contribution < -0.4 is 10.9 Å². The first-order valence-corrected chi connectivity index (χ1v) is 13.5. The van der Waals surface area contributed by atoms with E-state index in [4.69, 9.17) is 4.98 Å². The second kappa shape index (κ2) is 9.46. The fourth-order valence-corrected chi connectivity index (χ4v) is 7.20. The topological polar surface area (TPSA) is 81.8 Å². The van der Waals surface area contributed by atoms with E-state index in [-0.39, 0.29) is 17.2 Å². The van der Waals surface area contributed by atoms with Crippen molar-refractivity contribution in [1.82, 2.24) is 19.3 Å². The molecule has 1 saturated carbocycles. The normalized spacial score (nSPS) is 18.5. The molecule has 33 heavy (non-hydrogen) atoms. The number of thiophene rings is 1. The molecule has 9 heteroatoms. The molecule has 3 aromatic rings. The Labute approximate surface area is 201 Å². The summed E-state index contributed by atoms with van der Waals surface area (Å²) in [4.78, 5) is 33.1. The molecule has 1 unspecified atom stereocenters. The smallest absolute Gasteiger partial charge is 0.263 e. The molecule has 174 valence electrons. The molecular weight excluding hydrogens is 454 g/mol. The molecule has 7 nitrogen and oxygen atoms in total. The van der Waals surface area contributed by atoms with Gasteiger partial charge in [-0.3, -0.25) is 14.2 Å². The summed E-state index contributed by atoms with van der Waals surface area (Å²) in [5, 5.41) is 8.74. The SMILES string of the molecule is C=CCn1c(SCC(=O)Nc2ccnn2C2CCCC2)nc2sc3c(c2c1=O)CCC(C)C3. The van der Waals surface area contributed by atoms with Crippen LogP contribution in [0.25, 0.3) is 10.2 Å². The molecule has 2 aliphatic carbocycles. The minimum atomic E-state index is -0.126. The first-order valence-electron chi connectivity index (χ1n) is 11.7. The lowest BCUT2D eigenvalue weighted by Crippen LogP contribution is -2.24. The minimum Gasteiger partial charge on any atom is -0.310 e. The number of hydrogen-bond donors (Lipinski definition) is 1. The number of aromatic nitrogens is 4. The number of anilines is 1. The summed E-state index contributed by atoms with van der Waals surface area (Å²) in [6, 6.07) is 2.20. The van der Waals surface area contributed by atoms with Gasteiger partial charge in [0.15, 0.2) is 5.16 Å². The molecule has 1 fully saturated rings. The molecule has 0 radical (unpaired) electrons. The standard InChI is InChI=1S/C24H29N5O2S2/c1-3-12-28-23(31)21-17-9-8-15(2)13-18(17)33-22(21)27-24(28)32-14-20(30)26-19-10-11-25-29(19)16-6-4-5-7-16/h3,10-11,15-16H,1,4-9,12-14H2,2H3,(H,26,30). The summed E-state index contributed by atoms with van der Waals surface area (Å²) < 4.78 is 3.59. The van der Waals surface area contributed by atoms with E-state index >= 15 is 0 Å². The van der Waals surface area contributed by atoms with Crippen molar-refractivity contribution in [3.05, 3.63) is 45.7 Å². The number of fused-ring (bicyclic) bond motifs is 3. The maximum Gasteiger partial charge on any atom is 0.263 e. The Hall–Kier alpha value is -2.39. The van der Waals surface area contributed by atoms with Crippen molar-refractivity contribution in [3.63, 3.8) is 0 Å². The lowest BCUT2D eigenvalue weighted by atomic mass is 9.89. The van der Waals surface area contributed by atoms with Crippen molar-refractivity contribution in [1.29, 1.82) is 0 Å². The van der Waals surface area contributed by atoms with Gasteiger partial charge in [0.05, 0.1) is 23.4 Å². The molecule has 2 aliphatic rings. The zero-order valence-electron chi connectivity index (χ0n) is 18.9. The maximum absolute atomic E-state index is 13.4. The summed E-state index contributed by atoms with van der Waals surface area (Å²) in [7, 11) is 0. The van der Waals surface area contributed by atoms with Crippen LogP contribution in [0.2, 0.25) is 0 Å². The monoisotopic (exact) mass is 483 g/mol. The lowest BCUT2D eigenvalue weighted by Gasteiger charge is -2.17. The van der Waals surface area contributed by atoms with E-state index in [0.717, 1.165) is 48.1 Å². The Morgan fingerprint density at radius 3 is 2.97 bits per heavy atom. The van der Waals surface area contributed by atoms with Crippen LogP contribution in [0, 0.1) is 5.92 Å². The summed E-state index contributed by atoms with van der Waals surface area (Å²) in [6.45, 7) is 6.45. The van der Waals surface area contributed by atoms with Gasteiger partial charge in [0, 0.05) is 17.5 Å². The Morgan fingerprint density at radius 2 is 2.18 bits per heavy atom. The number of carbonyl (C=O) groups is 1. The number of amides is 1. The van der Waals surface area contributed by atoms with Gasteiger partial charge in [-0.2, -0.15) is 5.10 Å². The number of aryl methyl sites for hydroxylation is 1. The number of rotatable bonds is 7. The zero-order valence-corrected chi connectivity index (χ0v) is 20.5. The largest absolute Gasteiger partial charge is 0.310 e. The molecular formula is C24H29N5O2S2. The van der Waals surface area contributed by atoms with Gasteiger partial charge >= 0.3 is 0 Å². The van der Waals surface area contributed by atoms with E-state index in [1.54, 1.807) is 28.2 Å². The Balaban J connectivity index is 1.37. The van der Waals surface area contributed by atoms with Gasteiger partial charge in [-0.15, -0.1) is 17.9 Å². The third-order valence-electron chi connectivity index (χ3n) is 6.63. The molecule has 1 N–H and O–H groups in total. The maximum atomic E-state index is 13.4. The van der Waals surface area contributed by atoms with Gasteiger partial charge in [0.25, 0.3) is 5.56 Å². The third kappa shape index (κ3) is 4.40. The summed E-state index contributed by atoms with van der Waals surface area (Å²) in [5.74, 6) is 1.42. The van der Waals surface area contributed by atoms with Crippen molar-refractivity contribution in [2.45, 2.75) is 69.6 Å². The van der Waals surface area contributed by atoms with Crippen LogP contribution in [0.4, 0.5) is 5.82 Å². The van der Waals surface area contributed by atoms with E-state index in [9.17, 15) is 9.59 Å². The van der Waals surface area contributed by atoms with Gasteiger partial charge in [-0.05, 0) is 43.6 Å². The molecule has 0 bridgehead atoms. The Morgan fingerprint density at radius 1 is 1.36 bits per heavy atom. The highest BCUT2D eigenvalue weighted by Gasteiger charge is 2.25. The number of thioether (sulfide) groups is 1. The molecule has 0 aromatic carbocycles. The van der Waals surface area contributed by atoms with Crippen molar-refractivity contribution < 1.29 is 4.79 Å². The third-order valence-corrected chi connectivity index (χ3v) is 8.76. The summed E-state index contributed by atoms with van der Waals surface area (Å²) >= 11 is 2.94. The Bertz CT molecular complexity index is 1250. The second-order valence-corrected chi connectivity index (χ2v) is 11.1. The summed E-state index contributed by atoms with van der Waals surface area (Å²) in [5.41, 5.74) is 1.16. The highest BCUT2D eigenvalue weighted by molar-refractivity contribution is 7.99. The highest BCUT2D eigenvalue weighted by atomic mass is 32.2. The van der Waals surface area contributed by atoms with Crippen LogP contribution in [0.5, 0.6) is 0 Å².